The fourth-order valence-corrected chi connectivity index (χ4v) is 2.74. The molecule has 3 aromatic rings. The minimum Gasteiger partial charge on any atom is -0.352 e. The van der Waals surface area contributed by atoms with Gasteiger partial charge in [0, 0.05) is 24.2 Å². The fourth-order valence-electron chi connectivity index (χ4n) is 2.74. The molecule has 0 fully saturated rings. The maximum atomic E-state index is 12.3. The van der Waals surface area contributed by atoms with Gasteiger partial charge < -0.3 is 10.6 Å². The Morgan fingerprint density at radius 2 is 1.67 bits per heavy atom. The topological polar surface area (TPSA) is 82.0 Å². The molecule has 2 amide bonds. The number of carbonyl (C=O) groups is 2. The van der Waals surface area contributed by atoms with Crippen molar-refractivity contribution < 1.29 is 9.59 Å². The van der Waals surface area contributed by atoms with E-state index in [9.17, 15) is 9.59 Å². The zero-order valence-electron chi connectivity index (χ0n) is 14.7. The summed E-state index contributed by atoms with van der Waals surface area (Å²) in [6, 6.07) is 22.6. The van der Waals surface area contributed by atoms with Crippen molar-refractivity contribution in [2.75, 3.05) is 11.9 Å². The van der Waals surface area contributed by atoms with Crippen LogP contribution < -0.4 is 10.6 Å². The Morgan fingerprint density at radius 1 is 0.926 bits per heavy atom. The molecule has 0 aliphatic heterocycles. The Balaban J connectivity index is 1.48. The zero-order chi connectivity index (χ0) is 19.1. The Morgan fingerprint density at radius 3 is 2.41 bits per heavy atom. The Hall–Kier alpha value is -3.65. The third-order valence-electron chi connectivity index (χ3n) is 4.17. The van der Waals surface area contributed by atoms with Crippen LogP contribution in [0.1, 0.15) is 22.3 Å². The molecule has 3 aromatic carbocycles. The predicted octanol–water partition coefficient (Wildman–Crippen LogP) is 3.66. The number of rotatable bonds is 6. The summed E-state index contributed by atoms with van der Waals surface area (Å²) in [4.78, 5) is 24.3. The largest absolute Gasteiger partial charge is 0.352 e. The summed E-state index contributed by atoms with van der Waals surface area (Å²) in [6.07, 6.45) is 0.522. The second-order valence-corrected chi connectivity index (χ2v) is 6.15. The van der Waals surface area contributed by atoms with Crippen molar-refractivity contribution in [2.45, 2.75) is 12.8 Å². The van der Waals surface area contributed by atoms with Crippen LogP contribution in [0.3, 0.4) is 0 Å². The Kier molecular flexibility index (Phi) is 5.80. The summed E-state index contributed by atoms with van der Waals surface area (Å²) < 4.78 is 0. The van der Waals surface area contributed by atoms with Gasteiger partial charge in [0.15, 0.2) is 0 Å². The molecule has 0 bridgehead atoms. The highest BCUT2D eigenvalue weighted by Gasteiger charge is 2.08. The molecule has 134 valence electrons. The summed E-state index contributed by atoms with van der Waals surface area (Å²) >= 11 is 0. The molecule has 0 aromatic heterocycles. The summed E-state index contributed by atoms with van der Waals surface area (Å²) in [5, 5.41) is 16.3. The van der Waals surface area contributed by atoms with Gasteiger partial charge in [-0.05, 0) is 40.6 Å². The van der Waals surface area contributed by atoms with E-state index < -0.39 is 0 Å². The Bertz CT molecular complexity index is 1000. The number of carbonyl (C=O) groups excluding carboxylic acids is 2. The lowest BCUT2D eigenvalue weighted by atomic mass is 10.1. The molecule has 0 unspecified atom stereocenters. The lowest BCUT2D eigenvalue weighted by Crippen LogP contribution is -2.27. The van der Waals surface area contributed by atoms with E-state index in [4.69, 9.17) is 5.26 Å². The summed E-state index contributed by atoms with van der Waals surface area (Å²) in [5.41, 5.74) is 2.14. The van der Waals surface area contributed by atoms with E-state index in [-0.39, 0.29) is 24.8 Å². The standard InChI is InChI=1S/C22H19N3O2/c23-13-11-16-5-9-20(10-6-16)25-21(26)12-14-24-22(27)19-8-7-17-3-1-2-4-18(17)15-19/h1-10,15H,11-12,14H2,(H,24,27)(H,25,26). The van der Waals surface area contributed by atoms with Crippen molar-refractivity contribution in [1.82, 2.24) is 5.32 Å². The van der Waals surface area contributed by atoms with E-state index in [1.54, 1.807) is 30.3 Å². The molecule has 0 spiro atoms. The molecule has 5 nitrogen and oxygen atoms in total. The molecule has 5 heteroatoms. The lowest BCUT2D eigenvalue weighted by Gasteiger charge is -2.08. The van der Waals surface area contributed by atoms with Gasteiger partial charge in [-0.2, -0.15) is 5.26 Å². The van der Waals surface area contributed by atoms with Crippen molar-refractivity contribution in [3.63, 3.8) is 0 Å². The number of anilines is 1. The number of hydrogen-bond donors (Lipinski definition) is 2. The van der Waals surface area contributed by atoms with Crippen molar-refractivity contribution in [1.29, 1.82) is 5.26 Å². The van der Waals surface area contributed by atoms with Gasteiger partial charge in [0.05, 0.1) is 12.5 Å². The molecule has 27 heavy (non-hydrogen) atoms. The molecular weight excluding hydrogens is 338 g/mol. The van der Waals surface area contributed by atoms with E-state index in [0.29, 0.717) is 17.7 Å². The molecule has 0 atom stereocenters. The van der Waals surface area contributed by atoms with Crippen LogP contribution in [0.2, 0.25) is 0 Å². The van der Waals surface area contributed by atoms with Crippen LogP contribution >= 0.6 is 0 Å². The maximum Gasteiger partial charge on any atom is 0.251 e. The highest BCUT2D eigenvalue weighted by atomic mass is 16.2. The first-order chi connectivity index (χ1) is 13.2. The van der Waals surface area contributed by atoms with Gasteiger partial charge >= 0.3 is 0 Å². The minimum atomic E-state index is -0.200. The van der Waals surface area contributed by atoms with Crippen LogP contribution in [0.4, 0.5) is 5.69 Å². The number of fused-ring (bicyclic) bond motifs is 1. The van der Waals surface area contributed by atoms with Crippen LogP contribution in [-0.4, -0.2) is 18.4 Å². The van der Waals surface area contributed by atoms with Gasteiger partial charge in [-0.15, -0.1) is 0 Å². The average molecular weight is 357 g/mol. The second kappa shape index (κ2) is 8.63. The van der Waals surface area contributed by atoms with E-state index in [1.165, 1.54) is 0 Å². The number of amides is 2. The average Bonchev–Trinajstić information content (AvgIpc) is 2.69. The van der Waals surface area contributed by atoms with Gasteiger partial charge in [-0.3, -0.25) is 9.59 Å². The van der Waals surface area contributed by atoms with E-state index in [1.807, 2.05) is 36.4 Å². The molecule has 0 saturated heterocycles. The van der Waals surface area contributed by atoms with Crippen molar-refractivity contribution in [3.05, 3.63) is 77.9 Å². The zero-order valence-corrected chi connectivity index (χ0v) is 14.7. The Labute approximate surface area is 157 Å². The van der Waals surface area contributed by atoms with Crippen molar-refractivity contribution in [2.24, 2.45) is 0 Å². The van der Waals surface area contributed by atoms with Crippen LogP contribution in [0, 0.1) is 11.3 Å². The molecule has 0 saturated carbocycles. The smallest absolute Gasteiger partial charge is 0.251 e. The second-order valence-electron chi connectivity index (χ2n) is 6.15. The van der Waals surface area contributed by atoms with Gasteiger partial charge in [0.1, 0.15) is 0 Å². The van der Waals surface area contributed by atoms with E-state index in [2.05, 4.69) is 16.7 Å². The first-order valence-electron chi connectivity index (χ1n) is 8.68. The van der Waals surface area contributed by atoms with Crippen LogP contribution in [0.15, 0.2) is 66.7 Å². The van der Waals surface area contributed by atoms with Crippen LogP contribution in [0.5, 0.6) is 0 Å². The maximum absolute atomic E-state index is 12.3. The number of nitrogens with zero attached hydrogens (tertiary/aromatic N) is 1. The third-order valence-corrected chi connectivity index (χ3v) is 4.17. The SMILES string of the molecule is N#CCc1ccc(NC(=O)CCNC(=O)c2ccc3ccccc3c2)cc1. The first kappa shape index (κ1) is 18.2. The quantitative estimate of drug-likeness (QED) is 0.706. The predicted molar refractivity (Wildman–Crippen MR) is 105 cm³/mol. The van der Waals surface area contributed by atoms with Crippen molar-refractivity contribution in [3.8, 4) is 6.07 Å². The molecular formula is C22H19N3O2. The van der Waals surface area contributed by atoms with Gasteiger partial charge in [-0.1, -0.05) is 42.5 Å². The summed E-state index contributed by atoms with van der Waals surface area (Å²) in [6.45, 7) is 0.254. The highest BCUT2D eigenvalue weighted by molar-refractivity contribution is 5.99. The van der Waals surface area contributed by atoms with E-state index >= 15 is 0 Å². The fraction of sp³-hybridized carbons (Fsp3) is 0.136. The normalized spacial score (nSPS) is 10.2. The van der Waals surface area contributed by atoms with Gasteiger partial charge in [-0.25, -0.2) is 0 Å². The third kappa shape index (κ3) is 4.93. The van der Waals surface area contributed by atoms with Crippen LogP contribution in [0.25, 0.3) is 10.8 Å². The number of benzene rings is 3. The van der Waals surface area contributed by atoms with Crippen molar-refractivity contribution >= 4 is 28.3 Å². The molecule has 0 aliphatic carbocycles. The molecule has 0 heterocycles. The van der Waals surface area contributed by atoms with Gasteiger partial charge in [0.2, 0.25) is 5.91 Å². The summed E-state index contributed by atoms with van der Waals surface area (Å²) in [5.74, 6) is -0.378. The van der Waals surface area contributed by atoms with Crippen LogP contribution in [-0.2, 0) is 11.2 Å². The summed E-state index contributed by atoms with van der Waals surface area (Å²) in [7, 11) is 0. The molecule has 0 radical (unpaired) electrons. The molecule has 2 N–H and O–H groups in total. The van der Waals surface area contributed by atoms with E-state index in [0.717, 1.165) is 16.3 Å². The van der Waals surface area contributed by atoms with Gasteiger partial charge in [0.25, 0.3) is 5.91 Å². The number of nitrogens with one attached hydrogen (secondary N) is 2. The highest BCUT2D eigenvalue weighted by Crippen LogP contribution is 2.15. The number of nitriles is 1. The lowest BCUT2D eigenvalue weighted by molar-refractivity contribution is -0.116. The number of hydrogen-bond acceptors (Lipinski definition) is 3. The molecule has 0 aliphatic rings. The monoisotopic (exact) mass is 357 g/mol. The first-order valence-corrected chi connectivity index (χ1v) is 8.68. The minimum absolute atomic E-state index is 0.179. The molecule has 3 rings (SSSR count).